The molecule has 3 rings (SSSR count). The zero-order chi connectivity index (χ0) is 19.4. The number of hydrogen-bond acceptors (Lipinski definition) is 4. The largest absolute Gasteiger partial charge is 0.465 e. The number of hydrogen-bond donors (Lipinski definition) is 1. The normalized spacial score (nSPS) is 16.2. The van der Waals surface area contributed by atoms with Crippen molar-refractivity contribution in [3.8, 4) is 0 Å². The highest BCUT2D eigenvalue weighted by Crippen LogP contribution is 2.16. The Balaban J connectivity index is 1.59. The number of ether oxygens (including phenoxy) is 1. The lowest BCUT2D eigenvalue weighted by Crippen LogP contribution is -3.13. The number of sulfonamides is 1. The molecule has 0 aliphatic carbocycles. The highest BCUT2D eigenvalue weighted by molar-refractivity contribution is 7.89. The van der Waals surface area contributed by atoms with Crippen LogP contribution in [0.2, 0.25) is 0 Å². The SMILES string of the molecule is COC(=O)c1ccc(C[NH+]2CCN(S(=O)(=O)c3cccc(F)c3)CC2)cc1. The number of carbonyl (C=O) groups excluding carboxylic acids is 1. The first-order chi connectivity index (χ1) is 12.9. The molecule has 0 atom stereocenters. The van der Waals surface area contributed by atoms with Crippen molar-refractivity contribution in [2.45, 2.75) is 11.4 Å². The van der Waals surface area contributed by atoms with E-state index in [4.69, 9.17) is 0 Å². The molecule has 27 heavy (non-hydrogen) atoms. The number of benzene rings is 2. The Hall–Kier alpha value is -2.29. The Labute approximate surface area is 158 Å². The monoisotopic (exact) mass is 393 g/mol. The minimum absolute atomic E-state index is 0.00986. The third-order valence-corrected chi connectivity index (χ3v) is 6.59. The number of halogens is 1. The van der Waals surface area contributed by atoms with Gasteiger partial charge in [0.1, 0.15) is 12.4 Å². The van der Waals surface area contributed by atoms with Crippen LogP contribution in [0.1, 0.15) is 15.9 Å². The lowest BCUT2D eigenvalue weighted by molar-refractivity contribution is -0.917. The summed E-state index contributed by atoms with van der Waals surface area (Å²) in [6.45, 7) is 2.83. The van der Waals surface area contributed by atoms with E-state index in [1.54, 1.807) is 12.1 Å². The van der Waals surface area contributed by atoms with Crippen molar-refractivity contribution in [1.82, 2.24) is 4.31 Å². The van der Waals surface area contributed by atoms with Gasteiger partial charge < -0.3 is 9.64 Å². The Morgan fingerprint density at radius 1 is 1.15 bits per heavy atom. The molecule has 1 N–H and O–H groups in total. The first-order valence-corrected chi connectivity index (χ1v) is 10.1. The fourth-order valence-corrected chi connectivity index (χ4v) is 4.63. The summed E-state index contributed by atoms with van der Waals surface area (Å²) in [4.78, 5) is 12.7. The molecule has 0 amide bonds. The molecule has 0 saturated carbocycles. The summed E-state index contributed by atoms with van der Waals surface area (Å²) >= 11 is 0. The molecule has 1 saturated heterocycles. The van der Waals surface area contributed by atoms with Crippen molar-refractivity contribution in [3.63, 3.8) is 0 Å². The third-order valence-electron chi connectivity index (χ3n) is 4.69. The second-order valence-electron chi connectivity index (χ2n) is 6.48. The summed E-state index contributed by atoms with van der Waals surface area (Å²) in [7, 11) is -2.33. The Morgan fingerprint density at radius 3 is 2.41 bits per heavy atom. The van der Waals surface area contributed by atoms with Gasteiger partial charge in [-0.2, -0.15) is 4.31 Å². The summed E-state index contributed by atoms with van der Waals surface area (Å²) in [6, 6.07) is 12.3. The number of esters is 1. The predicted molar refractivity (Wildman–Crippen MR) is 97.3 cm³/mol. The van der Waals surface area contributed by atoms with Crippen molar-refractivity contribution in [2.75, 3.05) is 33.3 Å². The minimum Gasteiger partial charge on any atom is -0.465 e. The maximum atomic E-state index is 13.4. The third kappa shape index (κ3) is 4.52. The van der Waals surface area contributed by atoms with Gasteiger partial charge in [0.15, 0.2) is 0 Å². The van der Waals surface area contributed by atoms with Crippen LogP contribution in [0.4, 0.5) is 4.39 Å². The van der Waals surface area contributed by atoms with Crippen LogP contribution >= 0.6 is 0 Å². The molecule has 0 bridgehead atoms. The number of quaternary nitrogens is 1. The van der Waals surface area contributed by atoms with Gasteiger partial charge in [0, 0.05) is 5.56 Å². The van der Waals surface area contributed by atoms with E-state index >= 15 is 0 Å². The van der Waals surface area contributed by atoms with E-state index < -0.39 is 15.8 Å². The molecule has 0 spiro atoms. The van der Waals surface area contributed by atoms with Gasteiger partial charge in [0.05, 0.1) is 43.7 Å². The molecule has 0 unspecified atom stereocenters. The summed E-state index contributed by atoms with van der Waals surface area (Å²) in [5, 5.41) is 0. The van der Waals surface area contributed by atoms with Gasteiger partial charge in [-0.15, -0.1) is 0 Å². The predicted octanol–water partition coefficient (Wildman–Crippen LogP) is 0.702. The van der Waals surface area contributed by atoms with Crippen LogP contribution in [-0.2, 0) is 21.3 Å². The van der Waals surface area contributed by atoms with Crippen molar-refractivity contribution in [2.24, 2.45) is 0 Å². The molecule has 144 valence electrons. The van der Waals surface area contributed by atoms with Crippen molar-refractivity contribution in [3.05, 3.63) is 65.5 Å². The van der Waals surface area contributed by atoms with E-state index in [2.05, 4.69) is 4.74 Å². The van der Waals surface area contributed by atoms with Gasteiger partial charge >= 0.3 is 5.97 Å². The number of piperazine rings is 1. The molecule has 0 radical (unpaired) electrons. The summed E-state index contributed by atoms with van der Waals surface area (Å²) in [5.41, 5.74) is 1.57. The average molecular weight is 393 g/mol. The van der Waals surface area contributed by atoms with E-state index in [0.29, 0.717) is 31.7 Å². The molecular weight excluding hydrogens is 371 g/mol. The molecule has 0 aromatic heterocycles. The number of carbonyl (C=O) groups is 1. The molecule has 2 aromatic rings. The molecule has 1 fully saturated rings. The molecule has 8 heteroatoms. The van der Waals surface area contributed by atoms with Gasteiger partial charge in [-0.1, -0.05) is 18.2 Å². The average Bonchev–Trinajstić information content (AvgIpc) is 2.68. The van der Waals surface area contributed by atoms with Crippen molar-refractivity contribution in [1.29, 1.82) is 0 Å². The Bertz CT molecular complexity index is 908. The lowest BCUT2D eigenvalue weighted by atomic mass is 10.1. The topological polar surface area (TPSA) is 68.1 Å². The minimum atomic E-state index is -3.67. The second-order valence-corrected chi connectivity index (χ2v) is 8.41. The standard InChI is InChI=1S/C19H21FN2O4S/c1-26-19(23)16-7-5-15(6-8-16)14-21-9-11-22(12-10-21)27(24,25)18-4-2-3-17(20)13-18/h2-8,13H,9-12,14H2,1H3/p+1. The highest BCUT2D eigenvalue weighted by atomic mass is 32.2. The smallest absolute Gasteiger partial charge is 0.337 e. The van der Waals surface area contributed by atoms with Crippen molar-refractivity contribution < 1.29 is 27.2 Å². The first-order valence-electron chi connectivity index (χ1n) is 8.66. The van der Waals surface area contributed by atoms with Crippen LogP contribution in [-0.4, -0.2) is 52.0 Å². The van der Waals surface area contributed by atoms with Gasteiger partial charge in [0.25, 0.3) is 0 Å². The Kier molecular flexibility index (Phi) is 5.88. The van der Waals surface area contributed by atoms with Gasteiger partial charge in [0.2, 0.25) is 10.0 Å². The van der Waals surface area contributed by atoms with E-state index in [1.165, 1.54) is 34.5 Å². The van der Waals surface area contributed by atoms with E-state index in [9.17, 15) is 17.6 Å². The Morgan fingerprint density at radius 2 is 1.81 bits per heavy atom. The number of methoxy groups -OCH3 is 1. The maximum absolute atomic E-state index is 13.4. The van der Waals surface area contributed by atoms with E-state index in [1.807, 2.05) is 12.1 Å². The second kappa shape index (κ2) is 8.16. The van der Waals surface area contributed by atoms with Gasteiger partial charge in [-0.3, -0.25) is 0 Å². The number of rotatable bonds is 5. The molecule has 2 aromatic carbocycles. The van der Waals surface area contributed by atoms with Gasteiger partial charge in [-0.05, 0) is 30.3 Å². The quantitative estimate of drug-likeness (QED) is 0.760. The van der Waals surface area contributed by atoms with Crippen LogP contribution in [0.3, 0.4) is 0 Å². The lowest BCUT2D eigenvalue weighted by Gasteiger charge is -2.31. The number of nitrogens with zero attached hydrogens (tertiary/aromatic N) is 1. The summed E-state index contributed by atoms with van der Waals surface area (Å²) in [5.74, 6) is -0.930. The fourth-order valence-electron chi connectivity index (χ4n) is 3.16. The highest BCUT2D eigenvalue weighted by Gasteiger charge is 2.30. The molecule has 1 aliphatic heterocycles. The van der Waals surface area contributed by atoms with E-state index in [-0.39, 0.29) is 10.9 Å². The van der Waals surface area contributed by atoms with Crippen LogP contribution in [0.5, 0.6) is 0 Å². The molecule has 1 heterocycles. The molecule has 6 nitrogen and oxygen atoms in total. The zero-order valence-electron chi connectivity index (χ0n) is 15.0. The van der Waals surface area contributed by atoms with Crippen molar-refractivity contribution >= 4 is 16.0 Å². The van der Waals surface area contributed by atoms with Crippen LogP contribution in [0, 0.1) is 5.82 Å². The first kappa shape index (κ1) is 19.5. The van der Waals surface area contributed by atoms with Crippen LogP contribution < -0.4 is 4.90 Å². The fraction of sp³-hybridized carbons (Fsp3) is 0.316. The molecular formula is C19H22FN2O4S+. The summed E-state index contributed by atoms with van der Waals surface area (Å²) in [6.07, 6.45) is 0. The molecule has 1 aliphatic rings. The van der Waals surface area contributed by atoms with E-state index in [0.717, 1.165) is 18.2 Å². The summed E-state index contributed by atoms with van der Waals surface area (Å²) < 4.78 is 44.7. The van der Waals surface area contributed by atoms with Crippen LogP contribution in [0.25, 0.3) is 0 Å². The zero-order valence-corrected chi connectivity index (χ0v) is 15.8. The number of nitrogens with one attached hydrogen (secondary N) is 1. The van der Waals surface area contributed by atoms with Gasteiger partial charge in [-0.25, -0.2) is 17.6 Å². The van der Waals surface area contributed by atoms with Crippen LogP contribution in [0.15, 0.2) is 53.4 Å². The maximum Gasteiger partial charge on any atom is 0.337 e.